The molecule has 0 atom stereocenters. The Hall–Kier alpha value is -3.29. The van der Waals surface area contributed by atoms with Gasteiger partial charge in [-0.15, -0.1) is 5.10 Å². The topological polar surface area (TPSA) is 69.0 Å². The second-order valence-electron chi connectivity index (χ2n) is 6.23. The highest BCUT2D eigenvalue weighted by molar-refractivity contribution is 5.75. The van der Waals surface area contributed by atoms with Crippen molar-refractivity contribution in [2.45, 2.75) is 26.0 Å². The van der Waals surface area contributed by atoms with Crippen molar-refractivity contribution in [1.29, 1.82) is 0 Å². The molecule has 146 valence electrons. The Labute approximate surface area is 161 Å². The molecule has 1 aromatic heterocycles. The molecule has 0 saturated carbocycles. The van der Waals surface area contributed by atoms with Crippen LogP contribution in [0.2, 0.25) is 0 Å². The molecule has 1 heterocycles. The van der Waals surface area contributed by atoms with Gasteiger partial charge in [0.2, 0.25) is 5.91 Å². The second kappa shape index (κ2) is 9.59. The fourth-order valence-corrected chi connectivity index (χ4v) is 2.57. The maximum Gasteiger partial charge on any atom is 0.241 e. The van der Waals surface area contributed by atoms with Gasteiger partial charge in [0.15, 0.2) is 0 Å². The average Bonchev–Trinajstić information content (AvgIpc) is 3.12. The first-order chi connectivity index (χ1) is 13.6. The first-order valence-electron chi connectivity index (χ1n) is 8.87. The number of benzene rings is 2. The van der Waals surface area contributed by atoms with Gasteiger partial charge in [-0.3, -0.25) is 4.79 Å². The lowest BCUT2D eigenvalue weighted by Crippen LogP contribution is -2.28. The Bertz CT molecular complexity index is 913. The third-order valence-electron chi connectivity index (χ3n) is 3.95. The van der Waals surface area contributed by atoms with Crippen LogP contribution in [0.4, 0.5) is 8.78 Å². The Morgan fingerprint density at radius 2 is 1.93 bits per heavy atom. The summed E-state index contributed by atoms with van der Waals surface area (Å²) in [5.74, 6) is -0.419. The van der Waals surface area contributed by atoms with Crippen molar-refractivity contribution in [3.05, 3.63) is 77.6 Å². The van der Waals surface area contributed by atoms with E-state index in [9.17, 15) is 13.6 Å². The average molecular weight is 386 g/mol. The number of hydrogen-bond donors (Lipinski definition) is 1. The van der Waals surface area contributed by atoms with Gasteiger partial charge >= 0.3 is 0 Å². The van der Waals surface area contributed by atoms with E-state index >= 15 is 0 Å². The van der Waals surface area contributed by atoms with Crippen LogP contribution in [0, 0.1) is 11.6 Å². The molecule has 0 aliphatic heterocycles. The van der Waals surface area contributed by atoms with Crippen LogP contribution in [-0.2, 0) is 24.4 Å². The van der Waals surface area contributed by atoms with Crippen molar-refractivity contribution in [2.75, 3.05) is 6.54 Å². The van der Waals surface area contributed by atoms with Crippen molar-refractivity contribution >= 4 is 5.91 Å². The molecule has 0 aliphatic rings. The molecular weight excluding hydrogens is 366 g/mol. The maximum atomic E-state index is 13.1. The van der Waals surface area contributed by atoms with Gasteiger partial charge in [0.05, 0.1) is 6.20 Å². The summed E-state index contributed by atoms with van der Waals surface area (Å²) in [5.41, 5.74) is 1.56. The number of carbonyl (C=O) groups is 1. The zero-order chi connectivity index (χ0) is 19.8. The normalized spacial score (nSPS) is 10.6. The quantitative estimate of drug-likeness (QED) is 0.574. The summed E-state index contributed by atoms with van der Waals surface area (Å²) in [6.07, 6.45) is 3.12. The number of ether oxygens (including phenoxy) is 1. The minimum atomic E-state index is -0.378. The molecule has 28 heavy (non-hydrogen) atoms. The van der Waals surface area contributed by atoms with Crippen molar-refractivity contribution in [1.82, 2.24) is 20.3 Å². The zero-order valence-electron chi connectivity index (χ0n) is 15.1. The van der Waals surface area contributed by atoms with Gasteiger partial charge in [-0.25, -0.2) is 13.5 Å². The molecule has 8 heteroatoms. The molecule has 0 aliphatic carbocycles. The minimum absolute atomic E-state index is 0.0452. The number of carbonyl (C=O) groups excluding carboxylic acids is 1. The molecule has 0 unspecified atom stereocenters. The van der Waals surface area contributed by atoms with E-state index in [4.69, 9.17) is 4.74 Å². The van der Waals surface area contributed by atoms with Crippen molar-refractivity contribution in [3.8, 4) is 5.75 Å². The van der Waals surface area contributed by atoms with E-state index in [1.807, 2.05) is 0 Å². The highest BCUT2D eigenvalue weighted by Crippen LogP contribution is 2.13. The lowest BCUT2D eigenvalue weighted by Gasteiger charge is -2.05. The van der Waals surface area contributed by atoms with Crippen LogP contribution < -0.4 is 10.1 Å². The van der Waals surface area contributed by atoms with E-state index in [1.54, 1.807) is 30.5 Å². The van der Waals surface area contributed by atoms with Crippen LogP contribution >= 0.6 is 0 Å². The summed E-state index contributed by atoms with van der Waals surface area (Å²) in [6.45, 7) is 0.687. The summed E-state index contributed by atoms with van der Waals surface area (Å²) < 4.78 is 32.8. The third kappa shape index (κ3) is 6.15. The first kappa shape index (κ1) is 19.5. The SMILES string of the molecule is O=C(Cn1cc(COc2cccc(F)c2)nn1)NCCCc1ccc(F)cc1. The number of hydrogen-bond acceptors (Lipinski definition) is 4. The third-order valence-corrected chi connectivity index (χ3v) is 3.95. The molecule has 3 rings (SSSR count). The molecule has 3 aromatic rings. The van der Waals surface area contributed by atoms with Gasteiger partial charge in [-0.1, -0.05) is 23.4 Å². The molecule has 1 amide bonds. The summed E-state index contributed by atoms with van der Waals surface area (Å²) >= 11 is 0. The van der Waals surface area contributed by atoms with E-state index in [2.05, 4.69) is 15.6 Å². The van der Waals surface area contributed by atoms with Gasteiger partial charge in [0, 0.05) is 12.6 Å². The van der Waals surface area contributed by atoms with Crippen molar-refractivity contribution in [3.63, 3.8) is 0 Å². The number of nitrogens with zero attached hydrogens (tertiary/aromatic N) is 3. The van der Waals surface area contributed by atoms with Gasteiger partial charge in [0.1, 0.15) is 36.2 Å². The molecule has 0 bridgehead atoms. The highest BCUT2D eigenvalue weighted by Gasteiger charge is 2.07. The molecule has 0 saturated heterocycles. The summed E-state index contributed by atoms with van der Waals surface area (Å²) in [5, 5.41) is 10.6. The molecule has 6 nitrogen and oxygen atoms in total. The van der Waals surface area contributed by atoms with E-state index in [1.165, 1.54) is 28.9 Å². The molecule has 0 fully saturated rings. The molecule has 0 radical (unpaired) electrons. The highest BCUT2D eigenvalue weighted by atomic mass is 19.1. The standard InChI is InChI=1S/C20H20F2N4O2/c21-16-8-6-15(7-9-16)3-2-10-23-20(27)13-26-12-18(24-25-26)14-28-19-5-1-4-17(22)11-19/h1,4-9,11-12H,2-3,10,13-14H2,(H,23,27). The predicted octanol–water partition coefficient (Wildman–Crippen LogP) is 2.88. The van der Waals surface area contributed by atoms with Gasteiger partial charge in [0.25, 0.3) is 0 Å². The van der Waals surface area contributed by atoms with Gasteiger partial charge < -0.3 is 10.1 Å². The van der Waals surface area contributed by atoms with Crippen LogP contribution in [0.25, 0.3) is 0 Å². The predicted molar refractivity (Wildman–Crippen MR) is 98.5 cm³/mol. The summed E-state index contributed by atoms with van der Waals surface area (Å²) in [4.78, 5) is 12.0. The maximum absolute atomic E-state index is 13.1. The van der Waals surface area contributed by atoms with Crippen molar-refractivity contribution in [2.24, 2.45) is 0 Å². The van der Waals surface area contributed by atoms with Gasteiger partial charge in [-0.05, 0) is 42.7 Å². The fraction of sp³-hybridized carbons (Fsp3) is 0.250. The number of amides is 1. The van der Waals surface area contributed by atoms with E-state index in [0.717, 1.165) is 18.4 Å². The van der Waals surface area contributed by atoms with E-state index < -0.39 is 0 Å². The van der Waals surface area contributed by atoms with Crippen LogP contribution in [0.5, 0.6) is 5.75 Å². The van der Waals surface area contributed by atoms with Crippen LogP contribution in [0.3, 0.4) is 0 Å². The number of rotatable bonds is 9. The Morgan fingerprint density at radius 3 is 2.71 bits per heavy atom. The second-order valence-corrected chi connectivity index (χ2v) is 6.23. The molecule has 2 aromatic carbocycles. The lowest BCUT2D eigenvalue weighted by molar-refractivity contribution is -0.121. The van der Waals surface area contributed by atoms with Crippen molar-refractivity contribution < 1.29 is 18.3 Å². The largest absolute Gasteiger partial charge is 0.487 e. The molecule has 0 spiro atoms. The van der Waals surface area contributed by atoms with Crippen LogP contribution in [0.15, 0.2) is 54.7 Å². The van der Waals surface area contributed by atoms with E-state index in [0.29, 0.717) is 18.0 Å². The smallest absolute Gasteiger partial charge is 0.241 e. The fourth-order valence-electron chi connectivity index (χ4n) is 2.57. The van der Waals surface area contributed by atoms with Crippen LogP contribution in [0.1, 0.15) is 17.7 Å². The minimum Gasteiger partial charge on any atom is -0.487 e. The number of nitrogens with one attached hydrogen (secondary N) is 1. The number of halogens is 2. The number of aromatic nitrogens is 3. The first-order valence-corrected chi connectivity index (χ1v) is 8.87. The van der Waals surface area contributed by atoms with Gasteiger partial charge in [-0.2, -0.15) is 0 Å². The zero-order valence-corrected chi connectivity index (χ0v) is 15.1. The molecular formula is C20H20F2N4O2. The van der Waals surface area contributed by atoms with Crippen LogP contribution in [-0.4, -0.2) is 27.4 Å². The Morgan fingerprint density at radius 1 is 1.11 bits per heavy atom. The Balaban J connectivity index is 1.37. The Kier molecular flexibility index (Phi) is 6.67. The van der Waals surface area contributed by atoms with E-state index in [-0.39, 0.29) is 30.7 Å². The molecule has 1 N–H and O–H groups in total. The lowest BCUT2D eigenvalue weighted by atomic mass is 10.1. The summed E-state index contributed by atoms with van der Waals surface area (Å²) in [7, 11) is 0. The monoisotopic (exact) mass is 386 g/mol. The number of aryl methyl sites for hydroxylation is 1. The summed E-state index contributed by atoms with van der Waals surface area (Å²) in [6, 6.07) is 12.1.